The molecule has 2 aliphatic heterocycles. The first-order chi connectivity index (χ1) is 10.1. The van der Waals surface area contributed by atoms with Gasteiger partial charge in [0, 0.05) is 56.9 Å². The van der Waals surface area contributed by atoms with Crippen molar-refractivity contribution in [2.75, 3.05) is 53.4 Å². The first-order valence-corrected chi connectivity index (χ1v) is 9.00. The lowest BCUT2D eigenvalue weighted by atomic mass is 9.91. The zero-order valence-corrected chi connectivity index (χ0v) is 14.3. The van der Waals surface area contributed by atoms with Crippen molar-refractivity contribution in [1.29, 1.82) is 0 Å². The van der Waals surface area contributed by atoms with Crippen molar-refractivity contribution in [3.05, 3.63) is 0 Å². The summed E-state index contributed by atoms with van der Waals surface area (Å²) in [4.78, 5) is 7.90. The van der Waals surface area contributed by atoms with Crippen LogP contribution < -0.4 is 5.32 Å². The van der Waals surface area contributed by atoms with Crippen LogP contribution in [0.4, 0.5) is 0 Å². The van der Waals surface area contributed by atoms with E-state index in [0.29, 0.717) is 11.6 Å². The van der Waals surface area contributed by atoms with Crippen molar-refractivity contribution in [2.45, 2.75) is 56.7 Å². The molecule has 0 amide bonds. The molecule has 3 fully saturated rings. The monoisotopic (exact) mass is 294 g/mol. The van der Waals surface area contributed by atoms with Gasteiger partial charge in [-0.1, -0.05) is 19.8 Å². The standard InChI is InChI=1S/C17H34N4/c1-4-15-11-18-17(7-5-6-8-17)14-21(15)13-16-12-19(2)9-10-20(16)3/h15-16,18H,4-14H2,1-3H3. The summed E-state index contributed by atoms with van der Waals surface area (Å²) in [7, 11) is 4.58. The van der Waals surface area contributed by atoms with Gasteiger partial charge in [-0.3, -0.25) is 9.80 Å². The van der Waals surface area contributed by atoms with Crippen LogP contribution in [0.15, 0.2) is 0 Å². The quantitative estimate of drug-likeness (QED) is 0.845. The first-order valence-electron chi connectivity index (χ1n) is 9.00. The maximum absolute atomic E-state index is 3.92. The van der Waals surface area contributed by atoms with Crippen molar-refractivity contribution >= 4 is 0 Å². The third kappa shape index (κ3) is 3.44. The van der Waals surface area contributed by atoms with E-state index in [2.05, 4.69) is 41.0 Å². The summed E-state index contributed by atoms with van der Waals surface area (Å²) < 4.78 is 0. The van der Waals surface area contributed by atoms with Crippen LogP contribution in [0.2, 0.25) is 0 Å². The Hall–Kier alpha value is -0.160. The summed E-state index contributed by atoms with van der Waals surface area (Å²) in [6, 6.07) is 1.44. The van der Waals surface area contributed by atoms with Crippen molar-refractivity contribution in [1.82, 2.24) is 20.0 Å². The van der Waals surface area contributed by atoms with E-state index in [1.54, 1.807) is 0 Å². The molecule has 0 aromatic carbocycles. The van der Waals surface area contributed by atoms with Crippen LogP contribution in [0.25, 0.3) is 0 Å². The predicted molar refractivity (Wildman–Crippen MR) is 88.8 cm³/mol. The van der Waals surface area contributed by atoms with Crippen molar-refractivity contribution in [2.24, 2.45) is 0 Å². The Morgan fingerprint density at radius 2 is 1.86 bits per heavy atom. The minimum atomic E-state index is 0.449. The normalized spacial score (nSPS) is 35.6. The molecule has 4 heteroatoms. The Morgan fingerprint density at radius 3 is 2.57 bits per heavy atom. The topological polar surface area (TPSA) is 21.8 Å². The van der Waals surface area contributed by atoms with E-state index in [1.165, 1.54) is 71.4 Å². The van der Waals surface area contributed by atoms with Crippen LogP contribution in [0.3, 0.4) is 0 Å². The maximum atomic E-state index is 3.92. The van der Waals surface area contributed by atoms with E-state index in [-0.39, 0.29) is 0 Å². The number of nitrogens with zero attached hydrogens (tertiary/aromatic N) is 3. The Labute approximate surface area is 130 Å². The molecular formula is C17H34N4. The Balaban J connectivity index is 1.65. The number of hydrogen-bond donors (Lipinski definition) is 1. The number of hydrogen-bond acceptors (Lipinski definition) is 4. The summed E-state index contributed by atoms with van der Waals surface area (Å²) in [6.07, 6.45) is 6.89. The van der Waals surface area contributed by atoms with Crippen LogP contribution in [-0.4, -0.2) is 85.7 Å². The third-order valence-electron chi connectivity index (χ3n) is 6.19. The van der Waals surface area contributed by atoms with Gasteiger partial charge in [0.1, 0.15) is 0 Å². The van der Waals surface area contributed by atoms with Crippen LogP contribution >= 0.6 is 0 Å². The fourth-order valence-corrected chi connectivity index (χ4v) is 4.61. The molecule has 2 saturated heterocycles. The molecule has 3 rings (SSSR count). The summed E-state index contributed by atoms with van der Waals surface area (Å²) in [5, 5.41) is 3.92. The second-order valence-corrected chi connectivity index (χ2v) is 7.76. The van der Waals surface area contributed by atoms with Crippen molar-refractivity contribution in [3.8, 4) is 0 Å². The minimum Gasteiger partial charge on any atom is -0.308 e. The second kappa shape index (κ2) is 6.53. The van der Waals surface area contributed by atoms with Crippen molar-refractivity contribution < 1.29 is 0 Å². The van der Waals surface area contributed by atoms with Crippen LogP contribution in [-0.2, 0) is 0 Å². The lowest BCUT2D eigenvalue weighted by molar-refractivity contribution is 0.0282. The molecule has 0 radical (unpaired) electrons. The Bertz CT molecular complexity index is 340. The third-order valence-corrected chi connectivity index (χ3v) is 6.19. The molecule has 1 spiro atoms. The molecule has 0 bridgehead atoms. The summed E-state index contributed by atoms with van der Waals surface area (Å²) in [5.41, 5.74) is 0.449. The molecule has 2 atom stereocenters. The van der Waals surface area contributed by atoms with Gasteiger partial charge in [-0.15, -0.1) is 0 Å². The molecule has 3 aliphatic rings. The fraction of sp³-hybridized carbons (Fsp3) is 1.00. The maximum Gasteiger partial charge on any atom is 0.0347 e. The van der Waals surface area contributed by atoms with E-state index in [9.17, 15) is 0 Å². The molecule has 0 aromatic heterocycles. The van der Waals surface area contributed by atoms with E-state index in [0.717, 1.165) is 6.04 Å². The first kappa shape index (κ1) is 15.7. The summed E-state index contributed by atoms with van der Waals surface area (Å²) >= 11 is 0. The highest BCUT2D eigenvalue weighted by Crippen LogP contribution is 2.33. The number of likely N-dealkylation sites (N-methyl/N-ethyl adjacent to an activating group) is 2. The molecule has 21 heavy (non-hydrogen) atoms. The summed E-state index contributed by atoms with van der Waals surface area (Å²) in [6.45, 7) is 9.74. The Kier molecular flexibility index (Phi) is 4.89. The average molecular weight is 294 g/mol. The second-order valence-electron chi connectivity index (χ2n) is 7.76. The predicted octanol–water partition coefficient (Wildman–Crippen LogP) is 1.23. The zero-order chi connectivity index (χ0) is 14.9. The highest BCUT2D eigenvalue weighted by molar-refractivity contribution is 5.01. The Morgan fingerprint density at radius 1 is 1.10 bits per heavy atom. The minimum absolute atomic E-state index is 0.449. The number of piperazine rings is 2. The fourth-order valence-electron chi connectivity index (χ4n) is 4.61. The molecule has 122 valence electrons. The highest BCUT2D eigenvalue weighted by Gasteiger charge is 2.41. The van der Waals surface area contributed by atoms with Gasteiger partial charge in [-0.25, -0.2) is 0 Å². The summed E-state index contributed by atoms with van der Waals surface area (Å²) in [5.74, 6) is 0. The van der Waals surface area contributed by atoms with Crippen LogP contribution in [0.5, 0.6) is 0 Å². The SMILES string of the molecule is CCC1CNC2(CCCC2)CN1CC1CN(C)CCN1C. The largest absolute Gasteiger partial charge is 0.308 e. The van der Waals surface area contributed by atoms with Gasteiger partial charge in [0.25, 0.3) is 0 Å². The molecule has 4 nitrogen and oxygen atoms in total. The van der Waals surface area contributed by atoms with Crippen molar-refractivity contribution in [3.63, 3.8) is 0 Å². The molecule has 2 heterocycles. The van der Waals surface area contributed by atoms with E-state index < -0.39 is 0 Å². The highest BCUT2D eigenvalue weighted by atomic mass is 15.3. The molecule has 1 N–H and O–H groups in total. The zero-order valence-electron chi connectivity index (χ0n) is 14.3. The van der Waals surface area contributed by atoms with E-state index >= 15 is 0 Å². The molecule has 2 unspecified atom stereocenters. The number of nitrogens with one attached hydrogen (secondary N) is 1. The smallest absolute Gasteiger partial charge is 0.0347 e. The van der Waals surface area contributed by atoms with Gasteiger partial charge in [0.05, 0.1) is 0 Å². The van der Waals surface area contributed by atoms with Gasteiger partial charge in [-0.2, -0.15) is 0 Å². The van der Waals surface area contributed by atoms with Crippen LogP contribution in [0, 0.1) is 0 Å². The van der Waals surface area contributed by atoms with Gasteiger partial charge in [0.15, 0.2) is 0 Å². The van der Waals surface area contributed by atoms with Crippen LogP contribution in [0.1, 0.15) is 39.0 Å². The van der Waals surface area contributed by atoms with E-state index in [1.807, 2.05) is 0 Å². The molecule has 1 aliphatic carbocycles. The number of rotatable bonds is 3. The lowest BCUT2D eigenvalue weighted by Gasteiger charge is -2.49. The van der Waals surface area contributed by atoms with Gasteiger partial charge < -0.3 is 10.2 Å². The van der Waals surface area contributed by atoms with Gasteiger partial charge >= 0.3 is 0 Å². The van der Waals surface area contributed by atoms with Gasteiger partial charge in [0.2, 0.25) is 0 Å². The van der Waals surface area contributed by atoms with Gasteiger partial charge in [-0.05, 0) is 33.4 Å². The molecule has 0 aromatic rings. The lowest BCUT2D eigenvalue weighted by Crippen LogP contribution is -2.65. The average Bonchev–Trinajstić information content (AvgIpc) is 2.91. The molecular weight excluding hydrogens is 260 g/mol. The van der Waals surface area contributed by atoms with E-state index in [4.69, 9.17) is 0 Å². The molecule has 1 saturated carbocycles.